The molecule has 0 radical (unpaired) electrons. The Bertz CT molecular complexity index is 1330. The van der Waals surface area contributed by atoms with Crippen LogP contribution in [0.3, 0.4) is 0 Å². The number of hydrogen-bond acceptors (Lipinski definition) is 5. The summed E-state index contributed by atoms with van der Waals surface area (Å²) in [7, 11) is 0. The molecule has 1 amide bonds. The molecule has 0 bridgehead atoms. The third-order valence-electron chi connectivity index (χ3n) is 5.92. The Morgan fingerprint density at radius 1 is 1.18 bits per heavy atom. The van der Waals surface area contributed by atoms with Crippen molar-refractivity contribution in [3.8, 4) is 11.3 Å². The predicted molar refractivity (Wildman–Crippen MR) is 156 cm³/mol. The highest BCUT2D eigenvalue weighted by atomic mass is 35.5. The topological polar surface area (TPSA) is 88.5 Å². The maximum Gasteiger partial charge on any atom is 0.331 e. The normalized spacial score (nSPS) is 11.7. The van der Waals surface area contributed by atoms with Crippen LogP contribution in [0.4, 0.5) is 9.52 Å². The van der Waals surface area contributed by atoms with Crippen LogP contribution in [-0.4, -0.2) is 35.2 Å². The second kappa shape index (κ2) is 14.6. The molecule has 39 heavy (non-hydrogen) atoms. The van der Waals surface area contributed by atoms with Crippen LogP contribution in [0, 0.1) is 11.7 Å². The average molecular weight is 594 g/mol. The van der Waals surface area contributed by atoms with Crippen molar-refractivity contribution in [3.05, 3.63) is 73.8 Å². The standard InChI is InChI=1S/C29H31Cl2FN2O4S/c1-17(2)7-5-11-38-12-6-9-19-8-4-10-21(26(19)32)25-16-39-29(33-25)34-27(35)20-14-23(30)22(24(31)15-20)13-18(3)28(36)37/h4,8,10,13-17H,5-7,9,11-12H2,1-3H3,(H,36,37)(H,33,34,35)/b18-13+. The van der Waals surface area contributed by atoms with Crippen molar-refractivity contribution in [1.29, 1.82) is 0 Å². The van der Waals surface area contributed by atoms with Gasteiger partial charge in [-0.1, -0.05) is 49.2 Å². The van der Waals surface area contributed by atoms with E-state index in [1.54, 1.807) is 23.6 Å². The molecule has 1 aromatic heterocycles. The van der Waals surface area contributed by atoms with Crippen LogP contribution in [0.25, 0.3) is 17.3 Å². The number of carbonyl (C=O) groups is 2. The molecule has 0 aliphatic rings. The molecule has 0 aliphatic heterocycles. The first kappa shape index (κ1) is 30.8. The van der Waals surface area contributed by atoms with Crippen molar-refractivity contribution in [2.45, 2.75) is 46.5 Å². The van der Waals surface area contributed by atoms with E-state index < -0.39 is 11.9 Å². The van der Waals surface area contributed by atoms with Gasteiger partial charge in [-0.25, -0.2) is 14.2 Å². The molecule has 0 saturated carbocycles. The van der Waals surface area contributed by atoms with Crippen LogP contribution in [-0.2, 0) is 16.0 Å². The second-order valence-electron chi connectivity index (χ2n) is 9.51. The zero-order valence-electron chi connectivity index (χ0n) is 22.0. The van der Waals surface area contributed by atoms with Gasteiger partial charge in [0.25, 0.3) is 5.91 Å². The van der Waals surface area contributed by atoms with Crippen LogP contribution >= 0.6 is 34.5 Å². The molecule has 0 fully saturated rings. The van der Waals surface area contributed by atoms with Crippen molar-refractivity contribution in [3.63, 3.8) is 0 Å². The molecule has 2 aromatic carbocycles. The number of aryl methyl sites for hydroxylation is 1. The molecule has 2 N–H and O–H groups in total. The van der Waals surface area contributed by atoms with E-state index in [4.69, 9.17) is 33.0 Å². The number of nitrogens with zero attached hydrogens (tertiary/aromatic N) is 1. The fraction of sp³-hybridized carbons (Fsp3) is 0.345. The average Bonchev–Trinajstić information content (AvgIpc) is 3.34. The number of anilines is 1. The van der Waals surface area contributed by atoms with Gasteiger partial charge in [0.1, 0.15) is 5.82 Å². The highest BCUT2D eigenvalue weighted by Crippen LogP contribution is 2.31. The number of carboxylic acids is 1. The van der Waals surface area contributed by atoms with Gasteiger partial charge in [0.15, 0.2) is 5.13 Å². The van der Waals surface area contributed by atoms with Crippen molar-refractivity contribution in [2.24, 2.45) is 5.92 Å². The smallest absolute Gasteiger partial charge is 0.331 e. The Kier molecular flexibility index (Phi) is 11.5. The molecule has 3 aromatic rings. The van der Waals surface area contributed by atoms with Gasteiger partial charge in [-0.2, -0.15) is 0 Å². The summed E-state index contributed by atoms with van der Waals surface area (Å²) < 4.78 is 20.9. The number of rotatable bonds is 13. The number of amides is 1. The number of carboxylic acid groups (broad SMARTS) is 1. The van der Waals surface area contributed by atoms with Crippen LogP contribution in [0.2, 0.25) is 10.0 Å². The minimum Gasteiger partial charge on any atom is -0.478 e. The molecule has 10 heteroatoms. The predicted octanol–water partition coefficient (Wildman–Crippen LogP) is 8.38. The van der Waals surface area contributed by atoms with Gasteiger partial charge in [0.05, 0.1) is 15.7 Å². The van der Waals surface area contributed by atoms with E-state index in [0.29, 0.717) is 41.3 Å². The third kappa shape index (κ3) is 8.86. The Labute approximate surface area is 241 Å². The summed E-state index contributed by atoms with van der Waals surface area (Å²) in [5, 5.41) is 14.0. The van der Waals surface area contributed by atoms with Crippen LogP contribution in [0.15, 0.2) is 41.3 Å². The summed E-state index contributed by atoms with van der Waals surface area (Å²) >= 11 is 13.7. The number of halogens is 3. The number of carbonyl (C=O) groups excluding carboxylic acids is 1. The molecule has 0 spiro atoms. The largest absolute Gasteiger partial charge is 0.478 e. The van der Waals surface area contributed by atoms with Gasteiger partial charge in [-0.3, -0.25) is 10.1 Å². The van der Waals surface area contributed by atoms with Crippen LogP contribution < -0.4 is 5.32 Å². The Morgan fingerprint density at radius 3 is 2.54 bits per heavy atom. The summed E-state index contributed by atoms with van der Waals surface area (Å²) in [6, 6.07) is 8.01. The number of aliphatic carboxylic acids is 1. The Hall–Kier alpha value is -2.78. The highest BCUT2D eigenvalue weighted by Gasteiger charge is 2.17. The van der Waals surface area contributed by atoms with Crippen molar-refractivity contribution >= 4 is 57.6 Å². The maximum atomic E-state index is 15.2. The summed E-state index contributed by atoms with van der Waals surface area (Å²) in [4.78, 5) is 28.3. The van der Waals surface area contributed by atoms with Crippen molar-refractivity contribution in [2.75, 3.05) is 18.5 Å². The third-order valence-corrected chi connectivity index (χ3v) is 7.31. The van der Waals surface area contributed by atoms with E-state index in [1.807, 2.05) is 0 Å². The first-order valence-corrected chi connectivity index (χ1v) is 14.2. The monoisotopic (exact) mass is 592 g/mol. The zero-order valence-corrected chi connectivity index (χ0v) is 24.4. The molecule has 1 heterocycles. The van der Waals surface area contributed by atoms with Crippen molar-refractivity contribution < 1.29 is 23.8 Å². The number of aromatic nitrogens is 1. The quantitative estimate of drug-likeness (QED) is 0.154. The number of nitrogens with one attached hydrogen (secondary N) is 1. The first-order chi connectivity index (χ1) is 18.6. The van der Waals surface area contributed by atoms with E-state index in [-0.39, 0.29) is 32.1 Å². The Balaban J connectivity index is 1.64. The summed E-state index contributed by atoms with van der Waals surface area (Å²) in [5.41, 5.74) is 1.89. The maximum absolute atomic E-state index is 15.2. The second-order valence-corrected chi connectivity index (χ2v) is 11.2. The van der Waals surface area contributed by atoms with E-state index in [0.717, 1.165) is 25.9 Å². The summed E-state index contributed by atoms with van der Waals surface area (Å²) in [5.74, 6) is -1.29. The minimum absolute atomic E-state index is 0.0491. The minimum atomic E-state index is -1.10. The number of ether oxygens (including phenoxy) is 1. The lowest BCUT2D eigenvalue weighted by Gasteiger charge is -2.09. The molecule has 0 aliphatic carbocycles. The molecule has 208 valence electrons. The fourth-order valence-electron chi connectivity index (χ4n) is 3.79. The SMILES string of the molecule is C/C(=C\c1c(Cl)cc(C(=O)Nc2nc(-c3cccc(CCCOCCCC(C)C)c3F)cs2)cc1Cl)C(=O)O. The molecule has 0 atom stereocenters. The molecular formula is C29H31Cl2FN2O4S. The van der Waals surface area contributed by atoms with Gasteiger partial charge < -0.3 is 9.84 Å². The number of hydrogen-bond donors (Lipinski definition) is 2. The highest BCUT2D eigenvalue weighted by molar-refractivity contribution is 7.14. The molecule has 0 saturated heterocycles. The lowest BCUT2D eigenvalue weighted by Crippen LogP contribution is -2.12. The number of benzene rings is 2. The van der Waals surface area contributed by atoms with E-state index in [1.165, 1.54) is 36.5 Å². The number of thiazole rings is 1. The summed E-state index contributed by atoms with van der Waals surface area (Å²) in [6.45, 7) is 7.09. The molecular weight excluding hydrogens is 562 g/mol. The van der Waals surface area contributed by atoms with Gasteiger partial charge in [-0.05, 0) is 68.4 Å². The molecule has 0 unspecified atom stereocenters. The van der Waals surface area contributed by atoms with E-state index >= 15 is 4.39 Å². The van der Waals surface area contributed by atoms with Crippen LogP contribution in [0.5, 0.6) is 0 Å². The lowest BCUT2D eigenvalue weighted by molar-refractivity contribution is -0.132. The van der Waals surface area contributed by atoms with Gasteiger partial charge in [0, 0.05) is 40.9 Å². The van der Waals surface area contributed by atoms with E-state index in [9.17, 15) is 9.59 Å². The van der Waals surface area contributed by atoms with Gasteiger partial charge >= 0.3 is 5.97 Å². The zero-order chi connectivity index (χ0) is 28.5. The van der Waals surface area contributed by atoms with Gasteiger partial charge in [0.2, 0.25) is 0 Å². The summed E-state index contributed by atoms with van der Waals surface area (Å²) in [6.07, 6.45) is 4.77. The van der Waals surface area contributed by atoms with Gasteiger partial charge in [-0.15, -0.1) is 11.3 Å². The van der Waals surface area contributed by atoms with Crippen molar-refractivity contribution in [1.82, 2.24) is 4.98 Å². The fourth-order valence-corrected chi connectivity index (χ4v) is 5.09. The molecule has 3 rings (SSSR count). The van der Waals surface area contributed by atoms with E-state index in [2.05, 4.69) is 24.1 Å². The Morgan fingerprint density at radius 2 is 1.87 bits per heavy atom. The lowest BCUT2D eigenvalue weighted by atomic mass is 10.0. The first-order valence-electron chi connectivity index (χ1n) is 12.6. The molecule has 6 nitrogen and oxygen atoms in total. The van der Waals surface area contributed by atoms with Crippen LogP contribution in [0.1, 0.15) is 61.5 Å².